The molecule has 29 heavy (non-hydrogen) atoms. The Balaban J connectivity index is 1.33. The van der Waals surface area contributed by atoms with E-state index in [9.17, 15) is 18.8 Å². The Morgan fingerprint density at radius 2 is 1.72 bits per heavy atom. The summed E-state index contributed by atoms with van der Waals surface area (Å²) in [6.07, 6.45) is 2.72. The van der Waals surface area contributed by atoms with E-state index >= 15 is 0 Å². The number of hydrogen-bond acceptors (Lipinski definition) is 4. The average molecular weight is 399 g/mol. The molecular weight excluding hydrogens is 377 g/mol. The monoisotopic (exact) mass is 399 g/mol. The molecule has 152 valence electrons. The van der Waals surface area contributed by atoms with Crippen molar-refractivity contribution in [2.75, 3.05) is 26.2 Å². The highest BCUT2D eigenvalue weighted by atomic mass is 19.1. The van der Waals surface area contributed by atoms with Gasteiger partial charge in [0, 0.05) is 38.8 Å². The largest absolute Gasteiger partial charge is 0.459 e. The van der Waals surface area contributed by atoms with Gasteiger partial charge in [-0.05, 0) is 42.7 Å². The number of hydrogen-bond donors (Lipinski definition) is 0. The van der Waals surface area contributed by atoms with Crippen molar-refractivity contribution in [3.05, 3.63) is 59.8 Å². The fraction of sp³-hybridized carbons (Fsp3) is 0.381. The summed E-state index contributed by atoms with van der Waals surface area (Å²) in [6, 6.07) is 9.18. The maximum absolute atomic E-state index is 13.0. The smallest absolute Gasteiger partial charge is 0.312 e. The topological polar surface area (TPSA) is 74.1 Å². The van der Waals surface area contributed by atoms with Crippen molar-refractivity contribution < 1.29 is 23.2 Å². The summed E-state index contributed by atoms with van der Waals surface area (Å²) >= 11 is 0. The predicted octanol–water partition coefficient (Wildman–Crippen LogP) is 1.89. The zero-order chi connectivity index (χ0) is 20.4. The summed E-state index contributed by atoms with van der Waals surface area (Å²) < 4.78 is 18.2. The molecule has 2 aliphatic rings. The molecule has 2 fully saturated rings. The number of rotatable bonds is 4. The average Bonchev–Trinajstić information content (AvgIpc) is 3.28. The Kier molecular flexibility index (Phi) is 5.33. The lowest BCUT2D eigenvalue weighted by Crippen LogP contribution is -2.59. The molecule has 2 aliphatic heterocycles. The summed E-state index contributed by atoms with van der Waals surface area (Å²) in [4.78, 5) is 42.4. The van der Waals surface area contributed by atoms with Gasteiger partial charge in [0.05, 0.1) is 6.26 Å². The van der Waals surface area contributed by atoms with E-state index in [1.165, 1.54) is 23.3 Å². The van der Waals surface area contributed by atoms with Gasteiger partial charge in [0.1, 0.15) is 5.82 Å². The van der Waals surface area contributed by atoms with Crippen molar-refractivity contribution in [2.45, 2.75) is 25.4 Å². The first-order valence-electron chi connectivity index (χ1n) is 9.70. The second kappa shape index (κ2) is 8.06. The van der Waals surface area contributed by atoms with E-state index < -0.39 is 11.8 Å². The first-order valence-corrected chi connectivity index (χ1v) is 9.70. The molecule has 3 heterocycles. The van der Waals surface area contributed by atoms with Gasteiger partial charge < -0.3 is 19.1 Å². The summed E-state index contributed by atoms with van der Waals surface area (Å²) in [5, 5.41) is 0. The van der Waals surface area contributed by atoms with Gasteiger partial charge in [-0.2, -0.15) is 0 Å². The van der Waals surface area contributed by atoms with Crippen LogP contribution in [-0.4, -0.2) is 64.6 Å². The Labute approximate surface area is 167 Å². The van der Waals surface area contributed by atoms with Gasteiger partial charge in [-0.3, -0.25) is 14.4 Å². The van der Waals surface area contributed by atoms with E-state index in [0.717, 1.165) is 5.56 Å². The molecule has 0 N–H and O–H groups in total. The number of furan rings is 1. The second-order valence-corrected chi connectivity index (χ2v) is 7.35. The van der Waals surface area contributed by atoms with E-state index in [-0.39, 0.29) is 24.3 Å². The van der Waals surface area contributed by atoms with E-state index in [2.05, 4.69) is 0 Å². The van der Waals surface area contributed by atoms with Gasteiger partial charge in [-0.25, -0.2) is 4.39 Å². The van der Waals surface area contributed by atoms with Gasteiger partial charge in [-0.1, -0.05) is 12.1 Å². The molecule has 2 aromatic rings. The molecule has 0 atom stereocenters. The van der Waals surface area contributed by atoms with Gasteiger partial charge in [0.2, 0.25) is 0 Å². The zero-order valence-corrected chi connectivity index (χ0v) is 15.9. The highest BCUT2D eigenvalue weighted by molar-refractivity contribution is 6.35. The Morgan fingerprint density at radius 1 is 1.00 bits per heavy atom. The predicted molar refractivity (Wildman–Crippen MR) is 101 cm³/mol. The normalized spacial score (nSPS) is 18.4. The summed E-state index contributed by atoms with van der Waals surface area (Å²) in [6.45, 7) is 2.22. The van der Waals surface area contributed by atoms with Crippen LogP contribution >= 0.6 is 0 Å². The van der Waals surface area contributed by atoms with Crippen LogP contribution in [0.25, 0.3) is 0 Å². The van der Waals surface area contributed by atoms with Crippen LogP contribution in [0.1, 0.15) is 29.0 Å². The molecule has 1 aromatic heterocycles. The van der Waals surface area contributed by atoms with Crippen LogP contribution in [0.15, 0.2) is 47.1 Å². The number of amides is 3. The van der Waals surface area contributed by atoms with Crippen LogP contribution in [0.3, 0.4) is 0 Å². The summed E-state index contributed by atoms with van der Waals surface area (Å²) in [7, 11) is 0. The first-order chi connectivity index (χ1) is 14.0. The van der Waals surface area contributed by atoms with E-state index in [0.29, 0.717) is 44.8 Å². The van der Waals surface area contributed by atoms with E-state index in [1.807, 2.05) is 0 Å². The zero-order valence-electron chi connectivity index (χ0n) is 15.9. The van der Waals surface area contributed by atoms with Crippen LogP contribution in [0.4, 0.5) is 4.39 Å². The fourth-order valence-corrected chi connectivity index (χ4v) is 3.94. The minimum absolute atomic E-state index is 0.0555. The van der Waals surface area contributed by atoms with Crippen molar-refractivity contribution in [1.82, 2.24) is 14.7 Å². The quantitative estimate of drug-likeness (QED) is 0.736. The molecule has 2 saturated heterocycles. The van der Waals surface area contributed by atoms with Gasteiger partial charge >= 0.3 is 11.8 Å². The highest BCUT2D eigenvalue weighted by Crippen LogP contribution is 2.22. The van der Waals surface area contributed by atoms with E-state index in [4.69, 9.17) is 4.42 Å². The lowest BCUT2D eigenvalue weighted by molar-refractivity contribution is -0.158. The van der Waals surface area contributed by atoms with Gasteiger partial charge in [0.15, 0.2) is 5.76 Å². The molecule has 0 aliphatic carbocycles. The number of benzene rings is 1. The molecule has 3 amide bonds. The van der Waals surface area contributed by atoms with Crippen molar-refractivity contribution in [3.63, 3.8) is 0 Å². The van der Waals surface area contributed by atoms with Crippen molar-refractivity contribution in [1.29, 1.82) is 0 Å². The Bertz CT molecular complexity index is 889. The number of carbonyl (C=O) groups is 3. The minimum atomic E-state index is -0.533. The second-order valence-electron chi connectivity index (χ2n) is 7.35. The molecule has 0 saturated carbocycles. The van der Waals surface area contributed by atoms with Gasteiger partial charge in [0.25, 0.3) is 5.91 Å². The molecule has 0 radical (unpaired) electrons. The molecule has 1 aromatic carbocycles. The summed E-state index contributed by atoms with van der Waals surface area (Å²) in [5.74, 6) is -1.22. The molecular formula is C21H22FN3O4. The highest BCUT2D eigenvalue weighted by Gasteiger charge is 2.38. The third-order valence-corrected chi connectivity index (χ3v) is 5.55. The SMILES string of the molecule is O=C1C(=O)N(C2CCN(C(=O)c3ccco3)CC2)CCN1Cc1ccc(F)cc1. The summed E-state index contributed by atoms with van der Waals surface area (Å²) in [5.41, 5.74) is 0.783. The lowest BCUT2D eigenvalue weighted by Gasteiger charge is -2.42. The molecule has 0 spiro atoms. The van der Waals surface area contributed by atoms with Crippen molar-refractivity contribution >= 4 is 17.7 Å². The lowest BCUT2D eigenvalue weighted by atomic mass is 10.0. The van der Waals surface area contributed by atoms with Crippen LogP contribution in [0.5, 0.6) is 0 Å². The number of halogens is 1. The third kappa shape index (κ3) is 4.01. The standard InChI is InChI=1S/C21H22FN3O4/c22-16-5-3-15(4-6-16)14-24-11-12-25(21(28)20(24)27)17-7-9-23(10-8-17)19(26)18-2-1-13-29-18/h1-6,13,17H,7-12,14H2. The first kappa shape index (κ1) is 19.2. The molecule has 0 bridgehead atoms. The van der Waals surface area contributed by atoms with Crippen molar-refractivity contribution in [3.8, 4) is 0 Å². The minimum Gasteiger partial charge on any atom is -0.459 e. The number of likely N-dealkylation sites (tertiary alicyclic amines) is 1. The van der Waals surface area contributed by atoms with Crippen LogP contribution < -0.4 is 0 Å². The number of carbonyl (C=O) groups excluding carboxylic acids is 3. The third-order valence-electron chi connectivity index (χ3n) is 5.55. The van der Waals surface area contributed by atoms with Crippen molar-refractivity contribution in [2.24, 2.45) is 0 Å². The fourth-order valence-electron chi connectivity index (χ4n) is 3.94. The maximum Gasteiger partial charge on any atom is 0.312 e. The van der Waals surface area contributed by atoms with Gasteiger partial charge in [-0.15, -0.1) is 0 Å². The van der Waals surface area contributed by atoms with Crippen LogP contribution in [0, 0.1) is 5.82 Å². The van der Waals surface area contributed by atoms with Crippen LogP contribution in [0.2, 0.25) is 0 Å². The number of piperazine rings is 1. The molecule has 4 rings (SSSR count). The Morgan fingerprint density at radius 3 is 2.38 bits per heavy atom. The van der Waals surface area contributed by atoms with E-state index in [1.54, 1.807) is 34.1 Å². The Hall–Kier alpha value is -3.16. The maximum atomic E-state index is 13.0. The molecule has 0 unspecified atom stereocenters. The molecule has 7 nitrogen and oxygen atoms in total. The number of piperidine rings is 1. The van der Waals surface area contributed by atoms with Crippen LogP contribution in [-0.2, 0) is 16.1 Å². The number of nitrogens with zero attached hydrogens (tertiary/aromatic N) is 3. The molecule has 8 heteroatoms.